The number of ether oxygens (including phenoxy) is 2. The van der Waals surface area contributed by atoms with Crippen molar-refractivity contribution in [1.82, 2.24) is 29.7 Å². The van der Waals surface area contributed by atoms with Gasteiger partial charge in [-0.05, 0) is 67.5 Å². The van der Waals surface area contributed by atoms with Crippen LogP contribution in [-0.2, 0) is 5.41 Å². The molecule has 1 fully saturated rings. The van der Waals surface area contributed by atoms with Crippen molar-refractivity contribution in [3.63, 3.8) is 0 Å². The summed E-state index contributed by atoms with van der Waals surface area (Å²) in [5.74, 6) is 2.76. The normalized spacial score (nSPS) is 17.8. The number of aromatic nitrogens is 5. The van der Waals surface area contributed by atoms with Crippen LogP contribution >= 0.6 is 0 Å². The number of aliphatic hydroxyl groups excluding tert-OH is 1. The Kier molecular flexibility index (Phi) is 9.13. The molecule has 0 unspecified atom stereocenters. The van der Waals surface area contributed by atoms with Gasteiger partial charge in [0, 0.05) is 30.6 Å². The summed E-state index contributed by atoms with van der Waals surface area (Å²) in [6.45, 7) is 8.33. The van der Waals surface area contributed by atoms with Crippen LogP contribution in [0.2, 0.25) is 0 Å². The fourth-order valence-electron chi connectivity index (χ4n) is 6.64. The summed E-state index contributed by atoms with van der Waals surface area (Å²) in [5, 5.41) is 29.2. The summed E-state index contributed by atoms with van der Waals surface area (Å²) in [6.07, 6.45) is 6.83. The van der Waals surface area contributed by atoms with E-state index in [1.165, 1.54) is 6.42 Å². The Bertz CT molecular complexity index is 1920. The van der Waals surface area contributed by atoms with Crippen molar-refractivity contribution in [2.24, 2.45) is 0 Å². The van der Waals surface area contributed by atoms with Crippen molar-refractivity contribution in [2.45, 2.75) is 70.4 Å². The van der Waals surface area contributed by atoms with Crippen molar-refractivity contribution in [3.05, 3.63) is 89.7 Å². The van der Waals surface area contributed by atoms with Gasteiger partial charge in [-0.3, -0.25) is 9.72 Å². The average Bonchev–Trinajstić information content (AvgIpc) is 3.73. The van der Waals surface area contributed by atoms with Gasteiger partial charge in [-0.2, -0.15) is 5.10 Å². The summed E-state index contributed by atoms with van der Waals surface area (Å²) >= 11 is 0. The highest BCUT2D eigenvalue weighted by Crippen LogP contribution is 2.39. The number of pyridine rings is 1. The molecule has 4 heterocycles. The Hall–Kier alpha value is -5.10. The summed E-state index contributed by atoms with van der Waals surface area (Å²) in [7, 11) is 0. The number of hydrogen-bond acceptors (Lipinski definition) is 8. The minimum absolute atomic E-state index is 0.0804. The van der Waals surface area contributed by atoms with Gasteiger partial charge in [-0.1, -0.05) is 51.1 Å². The molecule has 0 saturated carbocycles. The van der Waals surface area contributed by atoms with E-state index < -0.39 is 0 Å². The van der Waals surface area contributed by atoms with Crippen LogP contribution in [-0.4, -0.2) is 61.8 Å². The van der Waals surface area contributed by atoms with Crippen molar-refractivity contribution >= 4 is 23.4 Å². The molecular weight excluding hydrogens is 620 g/mol. The summed E-state index contributed by atoms with van der Waals surface area (Å²) in [6, 6.07) is 20.9. The van der Waals surface area contributed by atoms with Crippen LogP contribution in [0.1, 0.15) is 81.8 Å². The third kappa shape index (κ3) is 7.05. The minimum Gasteiger partial charge on any atom is -0.491 e. The number of benzene rings is 2. The minimum atomic E-state index is -0.322. The number of amides is 2. The molecule has 2 atom stereocenters. The number of carbonyl (C=O) groups is 1. The van der Waals surface area contributed by atoms with E-state index in [9.17, 15) is 9.90 Å². The van der Waals surface area contributed by atoms with Crippen LogP contribution in [0.15, 0.2) is 72.9 Å². The topological polar surface area (TPSA) is 131 Å². The summed E-state index contributed by atoms with van der Waals surface area (Å²) in [4.78, 5) is 15.9. The van der Waals surface area contributed by atoms with Gasteiger partial charge < -0.3 is 24.8 Å². The van der Waals surface area contributed by atoms with Crippen molar-refractivity contribution < 1.29 is 19.4 Å². The molecule has 0 spiro atoms. The fraction of sp³-hybridized carbons (Fsp3) is 0.405. The molecule has 1 aliphatic carbocycles. The maximum atomic E-state index is 13.6. The molecule has 3 aromatic heterocycles. The summed E-state index contributed by atoms with van der Waals surface area (Å²) in [5.41, 5.74) is 4.21. The number of aliphatic hydroxyl groups is 1. The Labute approximate surface area is 286 Å². The Morgan fingerprint density at radius 2 is 1.76 bits per heavy atom. The molecule has 7 rings (SSSR count). The van der Waals surface area contributed by atoms with Gasteiger partial charge >= 0.3 is 6.03 Å². The van der Waals surface area contributed by atoms with E-state index in [0.29, 0.717) is 18.0 Å². The maximum Gasteiger partial charge on any atom is 0.320 e. The predicted octanol–water partition coefficient (Wildman–Crippen LogP) is 6.35. The molecule has 5 aromatic rings. The molecule has 1 aliphatic heterocycles. The number of urea groups is 1. The number of carbonyl (C=O) groups excluding carboxylic acids is 1. The van der Waals surface area contributed by atoms with Gasteiger partial charge in [0.2, 0.25) is 5.95 Å². The van der Waals surface area contributed by atoms with Crippen LogP contribution in [0.25, 0.3) is 11.3 Å². The van der Waals surface area contributed by atoms with Gasteiger partial charge in [0.15, 0.2) is 5.65 Å². The first-order valence-electron chi connectivity index (χ1n) is 17.1. The standard InChI is InChI=1S/C37H44N8O4/c1-37(2,3)32-23-34(45(42-32)25-10-9-11-26(22-25)48-21-20-46)39-35(47)38-30-15-16-31(29-13-6-5-12-28(29)30)49-27-14-17-33-40-41-36(44(33)24-27)43-18-7-4-8-19-43/h5-6,9-14,17,22-24,30-31,46H,4,7-8,15-16,18-21H2,1-3H3,(H2,38,39,47)/t30-,31+/m0/s1. The number of nitrogens with zero attached hydrogens (tertiary/aromatic N) is 6. The third-order valence-electron chi connectivity index (χ3n) is 9.16. The molecule has 2 aromatic carbocycles. The molecule has 0 radical (unpaired) electrons. The SMILES string of the molecule is CC(C)(C)c1cc(NC(=O)N[C@H]2CC[C@@H](Oc3ccc4nnc(N5CCCCC5)n4c3)c3ccccc32)n(-c2cccc(OCCO)c2)n1. The predicted molar refractivity (Wildman–Crippen MR) is 188 cm³/mol. The molecule has 0 bridgehead atoms. The lowest BCUT2D eigenvalue weighted by molar-refractivity contribution is 0.171. The molecule has 1 saturated heterocycles. The van der Waals surface area contributed by atoms with E-state index in [-0.39, 0.29) is 36.8 Å². The molecule has 12 heteroatoms. The first kappa shape index (κ1) is 32.4. The van der Waals surface area contributed by atoms with Crippen LogP contribution in [0, 0.1) is 0 Å². The zero-order valence-electron chi connectivity index (χ0n) is 28.3. The van der Waals surface area contributed by atoms with Crippen LogP contribution < -0.4 is 25.0 Å². The second-order valence-corrected chi connectivity index (χ2v) is 13.8. The molecular formula is C37H44N8O4. The summed E-state index contributed by atoms with van der Waals surface area (Å²) < 4.78 is 16.0. The average molecular weight is 665 g/mol. The van der Waals surface area contributed by atoms with Crippen LogP contribution in [0.5, 0.6) is 11.5 Å². The van der Waals surface area contributed by atoms with Crippen LogP contribution in [0.3, 0.4) is 0 Å². The van der Waals surface area contributed by atoms with Crippen molar-refractivity contribution in [1.29, 1.82) is 0 Å². The Morgan fingerprint density at radius 1 is 0.939 bits per heavy atom. The Morgan fingerprint density at radius 3 is 2.55 bits per heavy atom. The van der Waals surface area contributed by atoms with Gasteiger partial charge in [0.25, 0.3) is 0 Å². The number of anilines is 2. The second-order valence-electron chi connectivity index (χ2n) is 13.8. The zero-order valence-corrected chi connectivity index (χ0v) is 28.3. The maximum absolute atomic E-state index is 13.6. The smallest absolute Gasteiger partial charge is 0.320 e. The molecule has 49 heavy (non-hydrogen) atoms. The number of piperidine rings is 1. The van der Waals surface area contributed by atoms with Crippen molar-refractivity contribution in [3.8, 4) is 17.2 Å². The third-order valence-corrected chi connectivity index (χ3v) is 9.16. The van der Waals surface area contributed by atoms with Gasteiger partial charge in [-0.15, -0.1) is 10.2 Å². The molecule has 2 amide bonds. The lowest BCUT2D eigenvalue weighted by Crippen LogP contribution is -2.36. The van der Waals surface area contributed by atoms with E-state index in [1.807, 2.05) is 65.2 Å². The molecule has 3 N–H and O–H groups in total. The lowest BCUT2D eigenvalue weighted by Gasteiger charge is -2.32. The number of hydrogen-bond donors (Lipinski definition) is 3. The quantitative estimate of drug-likeness (QED) is 0.166. The highest BCUT2D eigenvalue weighted by Gasteiger charge is 2.30. The lowest BCUT2D eigenvalue weighted by atomic mass is 9.85. The number of nitrogens with one attached hydrogen (secondary N) is 2. The van der Waals surface area contributed by atoms with Gasteiger partial charge in [0.05, 0.1) is 30.2 Å². The van der Waals surface area contributed by atoms with E-state index in [2.05, 4.69) is 58.6 Å². The highest BCUT2D eigenvalue weighted by atomic mass is 16.5. The van der Waals surface area contributed by atoms with Gasteiger partial charge in [0.1, 0.15) is 30.0 Å². The number of fused-ring (bicyclic) bond motifs is 2. The van der Waals surface area contributed by atoms with Crippen LogP contribution in [0.4, 0.5) is 16.6 Å². The second kappa shape index (κ2) is 13.8. The zero-order chi connectivity index (χ0) is 34.0. The van der Waals surface area contributed by atoms with E-state index in [1.54, 1.807) is 4.68 Å². The highest BCUT2D eigenvalue weighted by molar-refractivity contribution is 5.89. The Balaban J connectivity index is 1.08. The molecule has 2 aliphatic rings. The monoisotopic (exact) mass is 664 g/mol. The number of rotatable bonds is 9. The fourth-order valence-corrected chi connectivity index (χ4v) is 6.64. The first-order valence-corrected chi connectivity index (χ1v) is 17.1. The van der Waals surface area contributed by atoms with Gasteiger partial charge in [-0.25, -0.2) is 9.48 Å². The largest absolute Gasteiger partial charge is 0.491 e. The molecule has 12 nitrogen and oxygen atoms in total. The van der Waals surface area contributed by atoms with Crippen molar-refractivity contribution in [2.75, 3.05) is 36.5 Å². The van der Waals surface area contributed by atoms with E-state index in [4.69, 9.17) is 14.6 Å². The van der Waals surface area contributed by atoms with E-state index >= 15 is 0 Å². The molecule has 256 valence electrons. The first-order chi connectivity index (χ1) is 23.8. The van der Waals surface area contributed by atoms with E-state index in [0.717, 1.165) is 72.2 Å².